The molecule has 1 aliphatic heterocycles. The third-order valence-corrected chi connectivity index (χ3v) is 2.52. The van der Waals surface area contributed by atoms with Crippen LogP contribution >= 0.6 is 0 Å². The summed E-state index contributed by atoms with van der Waals surface area (Å²) in [5, 5.41) is 0. The maximum atomic E-state index is 11.2. The third kappa shape index (κ3) is 4.32. The van der Waals surface area contributed by atoms with Gasteiger partial charge in [-0.25, -0.2) is 4.79 Å². The van der Waals surface area contributed by atoms with Crippen molar-refractivity contribution in [2.24, 2.45) is 0 Å². The van der Waals surface area contributed by atoms with Crippen LogP contribution in [-0.4, -0.2) is 5.97 Å². The van der Waals surface area contributed by atoms with Gasteiger partial charge < -0.3 is 4.74 Å². The molecule has 0 saturated carbocycles. The Morgan fingerprint density at radius 1 is 1.27 bits per heavy atom. The summed E-state index contributed by atoms with van der Waals surface area (Å²) in [5.41, 5.74) is 0.725. The van der Waals surface area contributed by atoms with Crippen LogP contribution in [0.4, 0.5) is 0 Å². The Morgan fingerprint density at radius 2 is 2.00 bits per heavy atom. The second-order valence-electron chi connectivity index (χ2n) is 4.01. The van der Waals surface area contributed by atoms with Gasteiger partial charge in [0.25, 0.3) is 0 Å². The number of unbranched alkanes of at least 4 members (excludes halogenated alkanes) is 5. The summed E-state index contributed by atoms with van der Waals surface area (Å²) >= 11 is 0. The largest absolute Gasteiger partial charge is 0.428 e. The van der Waals surface area contributed by atoms with E-state index < -0.39 is 0 Å². The molecule has 1 heterocycles. The molecule has 0 aromatic heterocycles. The van der Waals surface area contributed by atoms with Gasteiger partial charge in [-0.2, -0.15) is 0 Å². The van der Waals surface area contributed by atoms with Gasteiger partial charge in [0.15, 0.2) is 0 Å². The number of hydrogen-bond acceptors (Lipinski definition) is 2. The Balaban J connectivity index is 2.18. The number of ether oxygens (including phenoxy) is 1. The molecule has 0 fully saturated rings. The molecule has 0 atom stereocenters. The quantitative estimate of drug-likeness (QED) is 0.377. The van der Waals surface area contributed by atoms with Crippen molar-refractivity contribution in [3.63, 3.8) is 0 Å². The first-order chi connectivity index (χ1) is 7.24. The number of cyclic esters (lactones) is 1. The first-order valence-electron chi connectivity index (χ1n) is 5.84. The van der Waals surface area contributed by atoms with Crippen LogP contribution < -0.4 is 0 Å². The maximum absolute atomic E-state index is 11.2. The van der Waals surface area contributed by atoms with Crippen LogP contribution in [0.15, 0.2) is 23.5 Å². The van der Waals surface area contributed by atoms with E-state index in [1.165, 1.54) is 32.1 Å². The SMILES string of the molecule is CCCCCCCC=C1C=C(C)OC1=O. The van der Waals surface area contributed by atoms with E-state index in [0.29, 0.717) is 5.76 Å². The summed E-state index contributed by atoms with van der Waals surface area (Å²) < 4.78 is 4.92. The van der Waals surface area contributed by atoms with E-state index in [-0.39, 0.29) is 5.97 Å². The lowest BCUT2D eigenvalue weighted by Crippen LogP contribution is -1.96. The van der Waals surface area contributed by atoms with Crippen LogP contribution in [0.5, 0.6) is 0 Å². The fourth-order valence-electron chi connectivity index (χ4n) is 1.66. The minimum absolute atomic E-state index is 0.193. The van der Waals surface area contributed by atoms with E-state index in [4.69, 9.17) is 4.74 Å². The summed E-state index contributed by atoms with van der Waals surface area (Å²) in [7, 11) is 0. The molecule has 15 heavy (non-hydrogen) atoms. The number of hydrogen-bond donors (Lipinski definition) is 0. The minimum atomic E-state index is -0.193. The maximum Gasteiger partial charge on any atom is 0.342 e. The van der Waals surface area contributed by atoms with Gasteiger partial charge in [0, 0.05) is 0 Å². The zero-order chi connectivity index (χ0) is 11.1. The van der Waals surface area contributed by atoms with Crippen molar-refractivity contribution in [3.8, 4) is 0 Å². The highest BCUT2D eigenvalue weighted by atomic mass is 16.5. The smallest absolute Gasteiger partial charge is 0.342 e. The zero-order valence-corrected chi connectivity index (χ0v) is 9.71. The Hall–Kier alpha value is -1.05. The highest BCUT2D eigenvalue weighted by Crippen LogP contribution is 2.17. The van der Waals surface area contributed by atoms with E-state index in [2.05, 4.69) is 6.92 Å². The number of esters is 1. The van der Waals surface area contributed by atoms with Gasteiger partial charge in [0.1, 0.15) is 5.76 Å². The van der Waals surface area contributed by atoms with Crippen molar-refractivity contribution in [3.05, 3.63) is 23.5 Å². The van der Waals surface area contributed by atoms with E-state index >= 15 is 0 Å². The molecule has 0 N–H and O–H groups in total. The molecule has 0 amide bonds. The van der Waals surface area contributed by atoms with Gasteiger partial charge in [0.05, 0.1) is 5.57 Å². The summed E-state index contributed by atoms with van der Waals surface area (Å²) in [6.07, 6.45) is 11.1. The predicted octanol–water partition coefficient (Wildman–Crippen LogP) is 3.73. The van der Waals surface area contributed by atoms with Gasteiger partial charge in [-0.15, -0.1) is 0 Å². The van der Waals surface area contributed by atoms with Crippen molar-refractivity contribution in [1.29, 1.82) is 0 Å². The van der Waals surface area contributed by atoms with E-state index in [0.717, 1.165) is 12.0 Å². The van der Waals surface area contributed by atoms with E-state index in [1.807, 2.05) is 12.2 Å². The average Bonchev–Trinajstić information content (AvgIpc) is 2.51. The summed E-state index contributed by atoms with van der Waals surface area (Å²) in [6.45, 7) is 4.02. The molecule has 0 bridgehead atoms. The number of allylic oxidation sites excluding steroid dienone is 2. The summed E-state index contributed by atoms with van der Waals surface area (Å²) in [4.78, 5) is 11.2. The normalized spacial score (nSPS) is 18.1. The Bertz CT molecular complexity index is 274. The van der Waals surface area contributed by atoms with Crippen LogP contribution in [-0.2, 0) is 9.53 Å². The number of carbonyl (C=O) groups is 1. The molecule has 0 aromatic rings. The van der Waals surface area contributed by atoms with Crippen molar-refractivity contribution >= 4 is 5.97 Å². The zero-order valence-electron chi connectivity index (χ0n) is 9.71. The third-order valence-electron chi connectivity index (χ3n) is 2.52. The second kappa shape index (κ2) is 6.44. The van der Waals surface area contributed by atoms with Crippen molar-refractivity contribution in [2.75, 3.05) is 0 Å². The van der Waals surface area contributed by atoms with Crippen molar-refractivity contribution in [1.82, 2.24) is 0 Å². The molecular weight excluding hydrogens is 188 g/mol. The first kappa shape index (κ1) is 12.0. The second-order valence-corrected chi connectivity index (χ2v) is 4.01. The molecule has 84 valence electrons. The number of rotatable bonds is 6. The van der Waals surface area contributed by atoms with Crippen molar-refractivity contribution in [2.45, 2.75) is 52.4 Å². The average molecular weight is 208 g/mol. The Kier molecular flexibility index (Phi) is 5.16. The molecule has 0 aromatic carbocycles. The van der Waals surface area contributed by atoms with E-state index in [9.17, 15) is 4.79 Å². The van der Waals surface area contributed by atoms with Crippen molar-refractivity contribution < 1.29 is 9.53 Å². The van der Waals surface area contributed by atoms with Crippen LogP contribution in [0.2, 0.25) is 0 Å². The monoisotopic (exact) mass is 208 g/mol. The van der Waals surface area contributed by atoms with Gasteiger partial charge in [-0.3, -0.25) is 0 Å². The van der Waals surface area contributed by atoms with Gasteiger partial charge >= 0.3 is 5.97 Å². The molecule has 0 spiro atoms. The number of carbonyl (C=O) groups excluding carboxylic acids is 1. The molecule has 1 rings (SSSR count). The van der Waals surface area contributed by atoms with Gasteiger partial charge in [-0.05, 0) is 25.8 Å². The molecule has 0 saturated heterocycles. The summed E-state index contributed by atoms with van der Waals surface area (Å²) in [6, 6.07) is 0. The van der Waals surface area contributed by atoms with Gasteiger partial charge in [-0.1, -0.05) is 38.7 Å². The van der Waals surface area contributed by atoms with Crippen LogP contribution in [0.25, 0.3) is 0 Å². The van der Waals surface area contributed by atoms with Crippen LogP contribution in [0.1, 0.15) is 52.4 Å². The molecular formula is C13H20O2. The topological polar surface area (TPSA) is 26.3 Å². The first-order valence-corrected chi connectivity index (χ1v) is 5.84. The molecule has 2 nitrogen and oxygen atoms in total. The highest BCUT2D eigenvalue weighted by Gasteiger charge is 2.16. The highest BCUT2D eigenvalue weighted by molar-refractivity contribution is 5.94. The molecule has 0 unspecified atom stereocenters. The summed E-state index contributed by atoms with van der Waals surface area (Å²) in [5.74, 6) is 0.512. The Morgan fingerprint density at radius 3 is 2.60 bits per heavy atom. The molecule has 1 aliphatic rings. The molecule has 0 aliphatic carbocycles. The molecule has 2 heteroatoms. The predicted molar refractivity (Wildman–Crippen MR) is 61.3 cm³/mol. The fraction of sp³-hybridized carbons (Fsp3) is 0.615. The lowest BCUT2D eigenvalue weighted by Gasteiger charge is -1.96. The lowest BCUT2D eigenvalue weighted by molar-refractivity contribution is -0.133. The van der Waals surface area contributed by atoms with Gasteiger partial charge in [0.2, 0.25) is 0 Å². The standard InChI is InChI=1S/C13H20O2/c1-3-4-5-6-7-8-9-12-10-11(2)15-13(12)14/h9-10H,3-8H2,1-2H3. The fourth-order valence-corrected chi connectivity index (χ4v) is 1.66. The van der Waals surface area contributed by atoms with Crippen LogP contribution in [0, 0.1) is 0 Å². The Labute approximate surface area is 92.0 Å². The minimum Gasteiger partial charge on any atom is -0.428 e. The molecule has 0 radical (unpaired) electrons. The van der Waals surface area contributed by atoms with Crippen LogP contribution in [0.3, 0.4) is 0 Å². The lowest BCUT2D eigenvalue weighted by atomic mass is 10.1. The van der Waals surface area contributed by atoms with E-state index in [1.54, 1.807) is 6.92 Å².